The number of carbonyl (C=O) groups excluding carboxylic acids is 1. The molecule has 4 heteroatoms. The van der Waals surface area contributed by atoms with E-state index in [9.17, 15) is 15.0 Å². The number of hydrogen-bond donors (Lipinski definition) is 3. The van der Waals surface area contributed by atoms with Crippen molar-refractivity contribution in [3.8, 4) is 0 Å². The Hall–Kier alpha value is -1.39. The van der Waals surface area contributed by atoms with Gasteiger partial charge in [0.2, 0.25) is 5.91 Å². The molecule has 0 aromatic rings. The zero-order chi connectivity index (χ0) is 42.1. The maximum atomic E-state index is 12.4. The first-order chi connectivity index (χ1) is 28.7. The van der Waals surface area contributed by atoms with E-state index in [0.717, 1.165) is 32.1 Å². The molecule has 0 saturated carbocycles. The highest BCUT2D eigenvalue weighted by atomic mass is 16.3. The van der Waals surface area contributed by atoms with Crippen LogP contribution in [0.1, 0.15) is 284 Å². The van der Waals surface area contributed by atoms with Crippen LogP contribution < -0.4 is 5.32 Å². The van der Waals surface area contributed by atoms with Crippen LogP contribution in [0.4, 0.5) is 0 Å². The minimum atomic E-state index is -0.862. The van der Waals surface area contributed by atoms with E-state index in [0.29, 0.717) is 6.42 Å². The molecule has 0 aliphatic rings. The van der Waals surface area contributed by atoms with E-state index in [1.54, 1.807) is 6.08 Å². The third kappa shape index (κ3) is 45.7. The number of aliphatic hydroxyl groups is 2. The van der Waals surface area contributed by atoms with Crippen LogP contribution in [0, 0.1) is 0 Å². The molecule has 58 heavy (non-hydrogen) atoms. The summed E-state index contributed by atoms with van der Waals surface area (Å²) in [6.45, 7) is 4.32. The molecule has 0 bridgehead atoms. The lowest BCUT2D eigenvalue weighted by atomic mass is 10.0. The smallest absolute Gasteiger partial charge is 0.220 e. The van der Waals surface area contributed by atoms with Crippen LogP contribution in [0.2, 0.25) is 0 Å². The highest BCUT2D eigenvalue weighted by Gasteiger charge is 2.17. The van der Waals surface area contributed by atoms with Crippen LogP contribution in [-0.4, -0.2) is 34.9 Å². The van der Waals surface area contributed by atoms with Crippen molar-refractivity contribution in [2.75, 3.05) is 6.61 Å². The van der Waals surface area contributed by atoms with Crippen molar-refractivity contribution >= 4 is 5.91 Å². The predicted molar refractivity (Wildman–Crippen MR) is 258 cm³/mol. The Bertz CT molecular complexity index is 882. The highest BCUT2D eigenvalue weighted by Crippen LogP contribution is 2.16. The Kier molecular flexibility index (Phi) is 48.8. The van der Waals surface area contributed by atoms with Crippen LogP contribution in [0.15, 0.2) is 36.5 Å². The van der Waals surface area contributed by atoms with Crippen molar-refractivity contribution in [3.63, 3.8) is 0 Å². The second-order valence-electron chi connectivity index (χ2n) is 17.9. The maximum absolute atomic E-state index is 12.4. The van der Waals surface area contributed by atoms with Crippen LogP contribution in [0.5, 0.6) is 0 Å². The van der Waals surface area contributed by atoms with Gasteiger partial charge in [-0.1, -0.05) is 256 Å². The number of rotatable bonds is 48. The van der Waals surface area contributed by atoms with Crippen molar-refractivity contribution in [1.29, 1.82) is 0 Å². The van der Waals surface area contributed by atoms with Gasteiger partial charge in [0.1, 0.15) is 0 Å². The summed E-state index contributed by atoms with van der Waals surface area (Å²) in [5.41, 5.74) is 0. The van der Waals surface area contributed by atoms with E-state index in [1.807, 2.05) is 6.08 Å². The monoisotopic (exact) mass is 814 g/mol. The number of hydrogen-bond acceptors (Lipinski definition) is 3. The lowest BCUT2D eigenvalue weighted by Gasteiger charge is -2.19. The fourth-order valence-electron chi connectivity index (χ4n) is 8.07. The van der Waals surface area contributed by atoms with Gasteiger partial charge in [-0.05, 0) is 57.8 Å². The molecule has 1 amide bonds. The van der Waals surface area contributed by atoms with Crippen LogP contribution >= 0.6 is 0 Å². The standard InChI is InChI=1S/C54H103NO3/c1-3-5-7-9-11-13-15-17-19-21-23-24-25-26-27-28-29-30-32-34-36-38-40-42-44-46-48-50-54(58)55-52(51-56)53(57)49-47-45-43-41-39-37-35-33-31-22-20-18-16-14-12-10-8-6-4-2/h26-27,39,41,47,49,52-53,56-57H,3-25,28-38,40,42-46,48,50-51H2,1-2H3,(H,55,58)/b27-26-,41-39+,49-47+. The summed E-state index contributed by atoms with van der Waals surface area (Å²) in [6, 6.07) is -0.639. The van der Waals surface area contributed by atoms with Crippen LogP contribution in [0.25, 0.3) is 0 Å². The molecule has 0 aliphatic carbocycles. The average molecular weight is 814 g/mol. The maximum Gasteiger partial charge on any atom is 0.220 e. The van der Waals surface area contributed by atoms with Crippen molar-refractivity contribution < 1.29 is 15.0 Å². The molecule has 342 valence electrons. The molecule has 2 atom stereocenters. The predicted octanol–water partition coefficient (Wildman–Crippen LogP) is 16.9. The summed E-state index contributed by atoms with van der Waals surface area (Å²) in [4.78, 5) is 12.4. The second-order valence-corrected chi connectivity index (χ2v) is 17.9. The fraction of sp³-hybridized carbons (Fsp3) is 0.870. The van der Waals surface area contributed by atoms with E-state index in [4.69, 9.17) is 0 Å². The van der Waals surface area contributed by atoms with Gasteiger partial charge < -0.3 is 15.5 Å². The Morgan fingerprint density at radius 1 is 0.397 bits per heavy atom. The minimum Gasteiger partial charge on any atom is -0.394 e. The number of aliphatic hydroxyl groups excluding tert-OH is 2. The van der Waals surface area contributed by atoms with E-state index in [-0.39, 0.29) is 12.5 Å². The Labute approximate surface area is 363 Å². The first-order valence-electron chi connectivity index (χ1n) is 26.2. The Balaban J connectivity index is 3.52. The van der Waals surface area contributed by atoms with Gasteiger partial charge in [-0.15, -0.1) is 0 Å². The van der Waals surface area contributed by atoms with Gasteiger partial charge in [-0.25, -0.2) is 0 Å². The molecule has 2 unspecified atom stereocenters. The first kappa shape index (κ1) is 56.6. The molecule has 4 nitrogen and oxygen atoms in total. The van der Waals surface area contributed by atoms with E-state index in [1.165, 1.54) is 231 Å². The zero-order valence-electron chi connectivity index (χ0n) is 39.3. The summed E-state index contributed by atoms with van der Waals surface area (Å²) in [5, 5.41) is 23.1. The van der Waals surface area contributed by atoms with Gasteiger partial charge in [0, 0.05) is 6.42 Å². The molecule has 0 aromatic carbocycles. The zero-order valence-corrected chi connectivity index (χ0v) is 39.3. The van der Waals surface area contributed by atoms with Gasteiger partial charge in [0.25, 0.3) is 0 Å². The Morgan fingerprint density at radius 3 is 1.00 bits per heavy atom. The quantitative estimate of drug-likeness (QED) is 0.0423. The molecule has 3 N–H and O–H groups in total. The number of unbranched alkanes of at least 4 members (excludes halogenated alkanes) is 37. The topological polar surface area (TPSA) is 69.6 Å². The van der Waals surface area contributed by atoms with Gasteiger partial charge in [-0.3, -0.25) is 4.79 Å². The molecule has 0 fully saturated rings. The molecular weight excluding hydrogens is 711 g/mol. The van der Waals surface area contributed by atoms with E-state index in [2.05, 4.69) is 43.5 Å². The normalized spacial score (nSPS) is 13.1. The van der Waals surface area contributed by atoms with Gasteiger partial charge in [0.05, 0.1) is 18.8 Å². The Morgan fingerprint density at radius 2 is 0.672 bits per heavy atom. The van der Waals surface area contributed by atoms with E-state index < -0.39 is 12.1 Å². The van der Waals surface area contributed by atoms with Crippen LogP contribution in [0.3, 0.4) is 0 Å². The highest BCUT2D eigenvalue weighted by molar-refractivity contribution is 5.76. The SMILES string of the molecule is CCCCCCCCCCCCCC/C=C\CCCCCCCCCCCCCC(=O)NC(CO)C(O)/C=C/CC/C=C/CCCCCCCCCCCCCCC. The molecule has 0 heterocycles. The second kappa shape index (κ2) is 50.0. The van der Waals surface area contributed by atoms with Crippen molar-refractivity contribution in [3.05, 3.63) is 36.5 Å². The largest absolute Gasteiger partial charge is 0.394 e. The number of carbonyl (C=O) groups is 1. The molecule has 0 aromatic heterocycles. The average Bonchev–Trinajstić information content (AvgIpc) is 3.23. The van der Waals surface area contributed by atoms with Gasteiger partial charge in [0.15, 0.2) is 0 Å². The van der Waals surface area contributed by atoms with Gasteiger partial charge in [-0.2, -0.15) is 0 Å². The van der Waals surface area contributed by atoms with Crippen molar-refractivity contribution in [2.45, 2.75) is 296 Å². The molecule has 0 aliphatic heterocycles. The molecule has 0 spiro atoms. The van der Waals surface area contributed by atoms with Gasteiger partial charge >= 0.3 is 0 Å². The molecule has 0 radical (unpaired) electrons. The minimum absolute atomic E-state index is 0.0716. The summed E-state index contributed by atoms with van der Waals surface area (Å²) < 4.78 is 0. The summed E-state index contributed by atoms with van der Waals surface area (Å²) in [7, 11) is 0. The van der Waals surface area contributed by atoms with Crippen molar-refractivity contribution in [1.82, 2.24) is 5.32 Å². The number of nitrogens with one attached hydrogen (secondary N) is 1. The third-order valence-electron chi connectivity index (χ3n) is 12.1. The number of amides is 1. The van der Waals surface area contributed by atoms with E-state index >= 15 is 0 Å². The molecular formula is C54H103NO3. The third-order valence-corrected chi connectivity index (χ3v) is 12.1. The lowest BCUT2D eigenvalue weighted by Crippen LogP contribution is -2.45. The molecule has 0 rings (SSSR count). The lowest BCUT2D eigenvalue weighted by molar-refractivity contribution is -0.123. The number of allylic oxidation sites excluding steroid dienone is 5. The summed E-state index contributed by atoms with van der Waals surface area (Å²) in [6.07, 6.45) is 67.2. The first-order valence-corrected chi connectivity index (χ1v) is 26.2. The fourth-order valence-corrected chi connectivity index (χ4v) is 8.07. The van der Waals surface area contributed by atoms with Crippen molar-refractivity contribution in [2.24, 2.45) is 0 Å². The summed E-state index contributed by atoms with van der Waals surface area (Å²) in [5.74, 6) is -0.0716. The molecule has 0 saturated heterocycles. The van der Waals surface area contributed by atoms with Crippen LogP contribution in [-0.2, 0) is 4.79 Å². The summed E-state index contributed by atoms with van der Waals surface area (Å²) >= 11 is 0.